The van der Waals surface area contributed by atoms with Gasteiger partial charge in [-0.2, -0.15) is 0 Å². The number of imidazole rings is 1. The monoisotopic (exact) mass is 251 g/mol. The van der Waals surface area contributed by atoms with Crippen LogP contribution in [0.25, 0.3) is 0 Å². The smallest absolute Gasteiger partial charge is 0.306 e. The molecule has 1 saturated carbocycles. The molecule has 3 N–H and O–H groups in total. The van der Waals surface area contributed by atoms with Crippen LogP contribution in [0.4, 0.5) is 0 Å². The van der Waals surface area contributed by atoms with Gasteiger partial charge in [-0.1, -0.05) is 0 Å². The molecule has 0 bridgehead atoms. The maximum absolute atomic E-state index is 12.0. The molecule has 18 heavy (non-hydrogen) atoms. The number of carbonyl (C=O) groups excluding carboxylic acids is 1. The fraction of sp³-hybridized carbons (Fsp3) is 0.583. The second-order valence-corrected chi connectivity index (χ2v) is 4.75. The third kappa shape index (κ3) is 2.69. The summed E-state index contributed by atoms with van der Waals surface area (Å²) in [5, 5.41) is 11.8. The summed E-state index contributed by atoms with van der Waals surface area (Å²) < 4.78 is 0. The number of carboxylic acid groups (broad SMARTS) is 1. The number of aromatic nitrogens is 2. The molecule has 98 valence electrons. The predicted molar refractivity (Wildman–Crippen MR) is 63.6 cm³/mol. The van der Waals surface area contributed by atoms with Crippen molar-refractivity contribution in [2.45, 2.75) is 32.2 Å². The Bertz CT molecular complexity index is 430. The molecule has 0 spiro atoms. The fourth-order valence-corrected chi connectivity index (χ4v) is 2.36. The summed E-state index contributed by atoms with van der Waals surface area (Å²) in [6, 6.07) is -0.184. The van der Waals surface area contributed by atoms with E-state index in [0.29, 0.717) is 25.1 Å². The van der Waals surface area contributed by atoms with Crippen LogP contribution in [0.3, 0.4) is 0 Å². The molecule has 3 atom stereocenters. The molecule has 1 aromatic rings. The Kier molecular flexibility index (Phi) is 3.64. The molecular formula is C12H17N3O3. The second kappa shape index (κ2) is 5.20. The maximum atomic E-state index is 12.0. The molecule has 1 fully saturated rings. The first kappa shape index (κ1) is 12.6. The van der Waals surface area contributed by atoms with Crippen LogP contribution in [0, 0.1) is 11.8 Å². The van der Waals surface area contributed by atoms with E-state index in [-0.39, 0.29) is 23.8 Å². The van der Waals surface area contributed by atoms with Crippen molar-refractivity contribution in [2.75, 3.05) is 0 Å². The third-order valence-electron chi connectivity index (χ3n) is 3.44. The molecule has 6 nitrogen and oxygen atoms in total. The minimum atomic E-state index is -0.801. The number of aliphatic carboxylic acids is 1. The van der Waals surface area contributed by atoms with E-state index in [0.717, 1.165) is 0 Å². The van der Waals surface area contributed by atoms with Crippen molar-refractivity contribution < 1.29 is 14.7 Å². The average Bonchev–Trinajstić information content (AvgIpc) is 3.00. The number of hydrogen-bond acceptors (Lipinski definition) is 3. The number of nitrogens with zero attached hydrogens (tertiary/aromatic N) is 1. The first-order valence-electron chi connectivity index (χ1n) is 6.10. The molecule has 1 heterocycles. The summed E-state index contributed by atoms with van der Waals surface area (Å²) >= 11 is 0. The molecule has 1 aliphatic rings. The number of hydrogen-bond donors (Lipinski definition) is 3. The topological polar surface area (TPSA) is 95.1 Å². The molecular weight excluding hydrogens is 234 g/mol. The zero-order chi connectivity index (χ0) is 13.1. The molecule has 1 aliphatic carbocycles. The van der Waals surface area contributed by atoms with E-state index >= 15 is 0 Å². The van der Waals surface area contributed by atoms with Gasteiger partial charge in [-0.15, -0.1) is 0 Å². The van der Waals surface area contributed by atoms with Crippen molar-refractivity contribution in [2.24, 2.45) is 11.8 Å². The van der Waals surface area contributed by atoms with Crippen LogP contribution in [0.15, 0.2) is 12.4 Å². The highest BCUT2D eigenvalue weighted by molar-refractivity contribution is 5.81. The van der Waals surface area contributed by atoms with Crippen LogP contribution in [-0.2, 0) is 9.59 Å². The highest BCUT2D eigenvalue weighted by Gasteiger charge is 2.34. The molecule has 0 radical (unpaired) electrons. The van der Waals surface area contributed by atoms with Crippen LogP contribution in [0.5, 0.6) is 0 Å². The Morgan fingerprint density at radius 3 is 2.78 bits per heavy atom. The van der Waals surface area contributed by atoms with Gasteiger partial charge in [0.05, 0.1) is 12.0 Å². The lowest BCUT2D eigenvalue weighted by Crippen LogP contribution is -2.32. The lowest BCUT2D eigenvalue weighted by Gasteiger charge is -2.15. The normalized spacial score (nSPS) is 24.7. The Hall–Kier alpha value is -1.85. The largest absolute Gasteiger partial charge is 0.481 e. The first-order chi connectivity index (χ1) is 8.58. The summed E-state index contributed by atoms with van der Waals surface area (Å²) in [5.41, 5.74) is 0. The SMILES string of the molecule is CC(NC(=O)[C@@H]1CC[C@H](C(=O)O)C1)c1ncc[nH]1. The van der Waals surface area contributed by atoms with Crippen molar-refractivity contribution in [3.05, 3.63) is 18.2 Å². The number of carbonyl (C=O) groups is 2. The van der Waals surface area contributed by atoms with Crippen LogP contribution in [0.1, 0.15) is 38.1 Å². The summed E-state index contributed by atoms with van der Waals surface area (Å²) in [4.78, 5) is 29.8. The lowest BCUT2D eigenvalue weighted by atomic mass is 10.0. The highest BCUT2D eigenvalue weighted by atomic mass is 16.4. The number of rotatable bonds is 4. The molecule has 0 aromatic carbocycles. The molecule has 0 saturated heterocycles. The van der Waals surface area contributed by atoms with Crippen LogP contribution in [0.2, 0.25) is 0 Å². The average molecular weight is 251 g/mol. The predicted octanol–water partition coefficient (Wildman–Crippen LogP) is 1.09. The second-order valence-electron chi connectivity index (χ2n) is 4.75. The summed E-state index contributed by atoms with van der Waals surface area (Å²) in [5.74, 6) is -0.744. The van der Waals surface area contributed by atoms with Gasteiger partial charge >= 0.3 is 5.97 Å². The van der Waals surface area contributed by atoms with E-state index in [9.17, 15) is 9.59 Å². The third-order valence-corrected chi connectivity index (χ3v) is 3.44. The van der Waals surface area contributed by atoms with E-state index in [1.54, 1.807) is 12.4 Å². The van der Waals surface area contributed by atoms with Crippen LogP contribution >= 0.6 is 0 Å². The van der Waals surface area contributed by atoms with E-state index in [1.165, 1.54) is 0 Å². The van der Waals surface area contributed by atoms with Crippen molar-refractivity contribution >= 4 is 11.9 Å². The number of nitrogens with one attached hydrogen (secondary N) is 2. The maximum Gasteiger partial charge on any atom is 0.306 e. The van der Waals surface area contributed by atoms with Gasteiger partial charge in [0, 0.05) is 18.3 Å². The van der Waals surface area contributed by atoms with Gasteiger partial charge in [0.2, 0.25) is 5.91 Å². The Labute approximate surface area is 105 Å². The van der Waals surface area contributed by atoms with Gasteiger partial charge in [-0.3, -0.25) is 9.59 Å². The molecule has 1 aromatic heterocycles. The quantitative estimate of drug-likeness (QED) is 0.746. The van der Waals surface area contributed by atoms with Gasteiger partial charge in [-0.25, -0.2) is 4.98 Å². The first-order valence-corrected chi connectivity index (χ1v) is 6.10. The van der Waals surface area contributed by atoms with Crippen LogP contribution in [-0.4, -0.2) is 27.0 Å². The lowest BCUT2D eigenvalue weighted by molar-refractivity contribution is -0.141. The number of amides is 1. The van der Waals surface area contributed by atoms with Gasteiger partial charge in [-0.05, 0) is 26.2 Å². The van der Waals surface area contributed by atoms with E-state index in [2.05, 4.69) is 15.3 Å². The van der Waals surface area contributed by atoms with Crippen molar-refractivity contribution in [1.82, 2.24) is 15.3 Å². The number of aromatic amines is 1. The minimum absolute atomic E-state index is 0.0809. The van der Waals surface area contributed by atoms with E-state index in [1.807, 2.05) is 6.92 Å². The number of H-pyrrole nitrogens is 1. The highest BCUT2D eigenvalue weighted by Crippen LogP contribution is 2.31. The Morgan fingerprint density at radius 1 is 1.50 bits per heavy atom. The van der Waals surface area contributed by atoms with Crippen molar-refractivity contribution in [3.63, 3.8) is 0 Å². The zero-order valence-electron chi connectivity index (χ0n) is 10.2. The van der Waals surface area contributed by atoms with Gasteiger partial charge < -0.3 is 15.4 Å². The van der Waals surface area contributed by atoms with Gasteiger partial charge in [0.25, 0.3) is 0 Å². The molecule has 2 rings (SSSR count). The standard InChI is InChI=1S/C12H17N3O3/c1-7(10-13-4-5-14-10)15-11(16)8-2-3-9(6-8)12(17)18/h4-5,7-9H,2-3,6H2,1H3,(H,13,14)(H,15,16)(H,17,18)/t7?,8-,9+/m1/s1. The van der Waals surface area contributed by atoms with Crippen molar-refractivity contribution in [3.8, 4) is 0 Å². The zero-order valence-corrected chi connectivity index (χ0v) is 10.2. The molecule has 6 heteroatoms. The fourth-order valence-electron chi connectivity index (χ4n) is 2.36. The summed E-state index contributed by atoms with van der Waals surface area (Å²) in [6.07, 6.45) is 5.00. The van der Waals surface area contributed by atoms with Crippen molar-refractivity contribution in [1.29, 1.82) is 0 Å². The summed E-state index contributed by atoms with van der Waals surface area (Å²) in [6.45, 7) is 1.85. The minimum Gasteiger partial charge on any atom is -0.481 e. The summed E-state index contributed by atoms with van der Waals surface area (Å²) in [7, 11) is 0. The van der Waals surface area contributed by atoms with E-state index in [4.69, 9.17) is 5.11 Å². The molecule has 0 aliphatic heterocycles. The molecule has 1 amide bonds. The Morgan fingerprint density at radius 2 is 2.22 bits per heavy atom. The van der Waals surface area contributed by atoms with Crippen LogP contribution < -0.4 is 5.32 Å². The molecule has 1 unspecified atom stereocenters. The van der Waals surface area contributed by atoms with Gasteiger partial charge in [0.1, 0.15) is 5.82 Å². The van der Waals surface area contributed by atoms with Gasteiger partial charge in [0.15, 0.2) is 0 Å². The Balaban J connectivity index is 1.87. The van der Waals surface area contributed by atoms with E-state index < -0.39 is 5.97 Å². The number of carboxylic acids is 1.